The smallest absolute Gasteiger partial charge is 0.408 e. The summed E-state index contributed by atoms with van der Waals surface area (Å²) in [5, 5.41) is 20.9. The molecule has 1 fully saturated rings. The lowest BCUT2D eigenvalue weighted by atomic mass is 9.97. The highest BCUT2D eigenvalue weighted by Crippen LogP contribution is 2.36. The summed E-state index contributed by atoms with van der Waals surface area (Å²) in [6, 6.07) is 18.4. The number of rotatable bonds is 9. The monoisotopic (exact) mass is 667 g/mol. The van der Waals surface area contributed by atoms with Crippen molar-refractivity contribution in [1.29, 1.82) is 0 Å². The fraction of sp³-hybridized carbons (Fsp3) is 0.368. The van der Waals surface area contributed by atoms with Gasteiger partial charge in [0.1, 0.15) is 34.9 Å². The third-order valence-electron chi connectivity index (χ3n) is 8.38. The van der Waals surface area contributed by atoms with E-state index in [9.17, 15) is 19.5 Å². The largest absolute Gasteiger partial charge is 0.507 e. The number of nitrogens with zero attached hydrogens (tertiary/aromatic N) is 3. The van der Waals surface area contributed by atoms with Crippen LogP contribution in [-0.2, 0) is 27.8 Å². The molecular formula is C38H45N5O6. The molecule has 1 aliphatic heterocycles. The molecule has 0 spiro atoms. The van der Waals surface area contributed by atoms with Gasteiger partial charge in [0.15, 0.2) is 0 Å². The van der Waals surface area contributed by atoms with Crippen molar-refractivity contribution in [3.63, 3.8) is 0 Å². The first-order chi connectivity index (χ1) is 23.3. The number of ether oxygens (including phenoxy) is 2. The van der Waals surface area contributed by atoms with Gasteiger partial charge in [-0.05, 0) is 94.5 Å². The molecule has 11 heteroatoms. The zero-order valence-electron chi connectivity index (χ0n) is 28.9. The van der Waals surface area contributed by atoms with Crippen LogP contribution in [0.4, 0.5) is 10.5 Å². The molecule has 49 heavy (non-hydrogen) atoms. The molecule has 0 saturated carbocycles. The van der Waals surface area contributed by atoms with Crippen LogP contribution in [0.25, 0.3) is 22.4 Å². The Morgan fingerprint density at radius 2 is 1.71 bits per heavy atom. The van der Waals surface area contributed by atoms with E-state index in [1.165, 1.54) is 0 Å². The number of phenols is 1. The van der Waals surface area contributed by atoms with Gasteiger partial charge in [0.25, 0.3) is 0 Å². The highest BCUT2D eigenvalue weighted by atomic mass is 16.6. The summed E-state index contributed by atoms with van der Waals surface area (Å²) in [6.07, 6.45) is 3.44. The van der Waals surface area contributed by atoms with Gasteiger partial charge in [0, 0.05) is 43.0 Å². The number of hydrogen-bond donors (Lipinski definition) is 3. The Bertz CT molecular complexity index is 1790. The van der Waals surface area contributed by atoms with E-state index in [1.54, 1.807) is 55.7 Å². The lowest BCUT2D eigenvalue weighted by Crippen LogP contribution is -2.57. The average molecular weight is 668 g/mol. The second-order valence-corrected chi connectivity index (χ2v) is 13.4. The van der Waals surface area contributed by atoms with Crippen LogP contribution in [0.2, 0.25) is 0 Å². The van der Waals surface area contributed by atoms with Crippen LogP contribution in [-0.4, -0.2) is 69.0 Å². The van der Waals surface area contributed by atoms with Gasteiger partial charge in [0.05, 0.1) is 7.11 Å². The first-order valence-electron chi connectivity index (χ1n) is 16.5. The topological polar surface area (TPSA) is 135 Å². The standard InChI is InChI=1S/C38H45N5O6/c1-24-10-19-33(44)29(21-24)34-30(23-42(5)41-34)26-13-15-27(16-14-26)39-35(45)32-9-7-8-20-43(32)36(46)31(40-37(47)49-38(2,3)4)22-25-11-17-28(48-6)18-12-25/h10-19,21,23,31-32,44H,7-9,20,22H2,1-6H3,(H,39,45)(H,40,47)/t31-,32?/m0/s1. The molecule has 5 rings (SSSR count). The van der Waals surface area contributed by atoms with Gasteiger partial charge < -0.3 is 30.1 Å². The normalized spacial score (nSPS) is 15.3. The van der Waals surface area contributed by atoms with Crippen molar-refractivity contribution in [3.8, 4) is 33.9 Å². The van der Waals surface area contributed by atoms with Gasteiger partial charge in [0.2, 0.25) is 11.8 Å². The van der Waals surface area contributed by atoms with Crippen molar-refractivity contribution in [2.45, 2.75) is 71.1 Å². The highest BCUT2D eigenvalue weighted by Gasteiger charge is 2.37. The molecule has 3 aromatic carbocycles. The number of likely N-dealkylation sites (tertiary alicyclic amines) is 1. The third-order valence-corrected chi connectivity index (χ3v) is 8.38. The number of methoxy groups -OCH3 is 1. The summed E-state index contributed by atoms with van der Waals surface area (Å²) in [6.45, 7) is 7.63. The summed E-state index contributed by atoms with van der Waals surface area (Å²) >= 11 is 0. The molecule has 3 amide bonds. The molecule has 4 aromatic rings. The summed E-state index contributed by atoms with van der Waals surface area (Å²) in [5.74, 6) is 0.181. The van der Waals surface area contributed by atoms with Crippen molar-refractivity contribution in [3.05, 3.63) is 84.1 Å². The molecular weight excluding hydrogens is 622 g/mol. The SMILES string of the molecule is COc1ccc(C[C@H](NC(=O)OC(C)(C)C)C(=O)N2CCCCC2C(=O)Nc2ccc(-c3cn(C)nc3-c3cc(C)ccc3O)cc2)cc1. The Labute approximate surface area is 287 Å². The minimum atomic E-state index is -0.947. The van der Waals surface area contributed by atoms with E-state index in [-0.39, 0.29) is 24.0 Å². The predicted octanol–water partition coefficient (Wildman–Crippen LogP) is 6.23. The lowest BCUT2D eigenvalue weighted by molar-refractivity contribution is -0.142. The number of aryl methyl sites for hydroxylation is 2. The van der Waals surface area contributed by atoms with Gasteiger partial charge in [-0.3, -0.25) is 14.3 Å². The lowest BCUT2D eigenvalue weighted by Gasteiger charge is -2.37. The van der Waals surface area contributed by atoms with Gasteiger partial charge in [-0.1, -0.05) is 35.9 Å². The molecule has 2 atom stereocenters. The number of hydrogen-bond acceptors (Lipinski definition) is 7. The molecule has 11 nitrogen and oxygen atoms in total. The van der Waals surface area contributed by atoms with Gasteiger partial charge in [-0.15, -0.1) is 0 Å². The predicted molar refractivity (Wildman–Crippen MR) is 188 cm³/mol. The fourth-order valence-electron chi connectivity index (χ4n) is 6.01. The molecule has 0 radical (unpaired) electrons. The molecule has 0 aliphatic carbocycles. The maximum absolute atomic E-state index is 14.1. The molecule has 1 unspecified atom stereocenters. The van der Waals surface area contributed by atoms with E-state index in [4.69, 9.17) is 9.47 Å². The number of benzene rings is 3. The number of amides is 3. The molecule has 1 saturated heterocycles. The number of aromatic hydroxyl groups is 1. The van der Waals surface area contributed by atoms with Crippen LogP contribution in [0.5, 0.6) is 11.5 Å². The minimum absolute atomic E-state index is 0.147. The zero-order valence-corrected chi connectivity index (χ0v) is 28.9. The van der Waals surface area contributed by atoms with Crippen molar-refractivity contribution >= 4 is 23.6 Å². The number of anilines is 1. The van der Waals surface area contributed by atoms with E-state index in [0.29, 0.717) is 35.7 Å². The number of carbonyl (C=O) groups excluding carboxylic acids is 3. The molecule has 1 aromatic heterocycles. The molecule has 3 N–H and O–H groups in total. The second-order valence-electron chi connectivity index (χ2n) is 13.4. The van der Waals surface area contributed by atoms with Crippen LogP contribution in [0, 0.1) is 6.92 Å². The van der Waals surface area contributed by atoms with E-state index in [1.807, 2.05) is 68.7 Å². The van der Waals surface area contributed by atoms with Crippen molar-refractivity contribution in [2.24, 2.45) is 7.05 Å². The minimum Gasteiger partial charge on any atom is -0.507 e. The van der Waals surface area contributed by atoms with Crippen LogP contribution < -0.4 is 15.4 Å². The summed E-state index contributed by atoms with van der Waals surface area (Å²) in [7, 11) is 3.41. The van der Waals surface area contributed by atoms with Crippen LogP contribution in [0.1, 0.15) is 51.2 Å². The number of alkyl carbamates (subject to hydrolysis) is 1. The first kappa shape index (κ1) is 35.0. The summed E-state index contributed by atoms with van der Waals surface area (Å²) in [4.78, 5) is 42.3. The van der Waals surface area contributed by atoms with Crippen molar-refractivity contribution in [1.82, 2.24) is 20.0 Å². The highest BCUT2D eigenvalue weighted by molar-refractivity contribution is 5.98. The quantitative estimate of drug-likeness (QED) is 0.193. The first-order valence-corrected chi connectivity index (χ1v) is 16.5. The third kappa shape index (κ3) is 8.78. The van der Waals surface area contributed by atoms with E-state index in [2.05, 4.69) is 15.7 Å². The molecule has 1 aliphatic rings. The van der Waals surface area contributed by atoms with Gasteiger partial charge >= 0.3 is 6.09 Å². The molecule has 0 bridgehead atoms. The average Bonchev–Trinajstić information content (AvgIpc) is 3.46. The van der Waals surface area contributed by atoms with E-state index in [0.717, 1.165) is 35.1 Å². The van der Waals surface area contributed by atoms with Crippen LogP contribution in [0.3, 0.4) is 0 Å². The van der Waals surface area contributed by atoms with Gasteiger partial charge in [-0.2, -0.15) is 5.10 Å². The zero-order chi connectivity index (χ0) is 35.3. The van der Waals surface area contributed by atoms with Crippen LogP contribution >= 0.6 is 0 Å². The Balaban J connectivity index is 1.33. The Kier molecular flexibility index (Phi) is 10.6. The number of piperidine rings is 1. The van der Waals surface area contributed by atoms with Crippen molar-refractivity contribution in [2.75, 3.05) is 19.0 Å². The second kappa shape index (κ2) is 14.8. The summed E-state index contributed by atoms with van der Waals surface area (Å²) < 4.78 is 12.5. The Morgan fingerprint density at radius 3 is 2.39 bits per heavy atom. The van der Waals surface area contributed by atoms with E-state index >= 15 is 0 Å². The van der Waals surface area contributed by atoms with E-state index < -0.39 is 23.8 Å². The fourth-order valence-corrected chi connectivity index (χ4v) is 6.01. The number of aromatic nitrogens is 2. The maximum Gasteiger partial charge on any atom is 0.408 e. The number of phenolic OH excluding ortho intramolecular Hbond substituents is 1. The number of nitrogens with one attached hydrogen (secondary N) is 2. The maximum atomic E-state index is 14.1. The number of carbonyl (C=O) groups is 3. The summed E-state index contributed by atoms with van der Waals surface area (Å²) in [5.41, 5.74) is 4.66. The molecule has 258 valence electrons. The van der Waals surface area contributed by atoms with Gasteiger partial charge in [-0.25, -0.2) is 4.79 Å². The molecule has 2 heterocycles. The Hall–Kier alpha value is -5.32. The Morgan fingerprint density at radius 1 is 1.00 bits per heavy atom. The van der Waals surface area contributed by atoms with Crippen molar-refractivity contribution < 1.29 is 29.0 Å². The van der Waals surface area contributed by atoms with Crippen LogP contribution in [0.15, 0.2) is 72.9 Å².